The number of ether oxygens (including phenoxy) is 3. The first-order chi connectivity index (χ1) is 12.5. The molecule has 0 radical (unpaired) electrons. The highest BCUT2D eigenvalue weighted by Crippen LogP contribution is 2.18. The fourth-order valence-corrected chi connectivity index (χ4v) is 2.09. The van der Waals surface area contributed by atoms with Crippen LogP contribution >= 0.6 is 0 Å². The van der Waals surface area contributed by atoms with Crippen LogP contribution in [0.2, 0.25) is 0 Å². The van der Waals surface area contributed by atoms with Crippen LogP contribution in [0.3, 0.4) is 0 Å². The summed E-state index contributed by atoms with van der Waals surface area (Å²) in [5, 5.41) is 0. The van der Waals surface area contributed by atoms with Gasteiger partial charge in [-0.3, -0.25) is 0 Å². The van der Waals surface area contributed by atoms with Crippen LogP contribution in [0.1, 0.15) is 47.9 Å². The zero-order chi connectivity index (χ0) is 18.9. The summed E-state index contributed by atoms with van der Waals surface area (Å²) in [4.78, 5) is 24.3. The monoisotopic (exact) mass is 356 g/mol. The lowest BCUT2D eigenvalue weighted by molar-refractivity contribution is 0.0457. The lowest BCUT2D eigenvalue weighted by Gasteiger charge is -2.09. The van der Waals surface area contributed by atoms with Crippen molar-refractivity contribution in [1.29, 1.82) is 0 Å². The van der Waals surface area contributed by atoms with Gasteiger partial charge in [-0.25, -0.2) is 9.59 Å². The third-order valence-electron chi connectivity index (χ3n) is 3.39. The molecule has 5 heteroatoms. The number of carbonyl (C=O) groups is 2. The Morgan fingerprint density at radius 3 is 2.31 bits per heavy atom. The highest BCUT2D eigenvalue weighted by atomic mass is 16.5. The summed E-state index contributed by atoms with van der Waals surface area (Å²) in [6.45, 7) is 6.92. The largest absolute Gasteiger partial charge is 0.494 e. The van der Waals surface area contributed by atoms with Gasteiger partial charge in [0.2, 0.25) is 0 Å². The zero-order valence-corrected chi connectivity index (χ0v) is 15.4. The van der Waals surface area contributed by atoms with Gasteiger partial charge in [0.1, 0.15) is 11.5 Å². The molecule has 0 bridgehead atoms. The first-order valence-corrected chi connectivity index (χ1v) is 8.71. The first kappa shape index (κ1) is 19.5. The summed E-state index contributed by atoms with van der Waals surface area (Å²) < 4.78 is 16.0. The van der Waals surface area contributed by atoms with E-state index in [2.05, 4.69) is 0 Å². The number of carbonyl (C=O) groups excluding carboxylic acids is 2. The smallest absolute Gasteiger partial charge is 0.343 e. The Hall–Kier alpha value is -2.82. The molecule has 0 heterocycles. The van der Waals surface area contributed by atoms with E-state index in [9.17, 15) is 9.59 Å². The van der Waals surface area contributed by atoms with Crippen LogP contribution in [-0.4, -0.2) is 25.2 Å². The molecule has 2 aromatic carbocycles. The molecule has 26 heavy (non-hydrogen) atoms. The standard InChI is InChI=1S/C21H24O5/c1-4-12-24-18-10-8-16(9-11-18)21(23)26-19-7-5-6-17(13-19)20(22)25-14-15(2)3/h5-11,13,15H,4,12,14H2,1-3H3. The van der Waals surface area contributed by atoms with Gasteiger partial charge in [-0.2, -0.15) is 0 Å². The molecular weight excluding hydrogens is 332 g/mol. The van der Waals surface area contributed by atoms with Gasteiger partial charge in [0.05, 0.1) is 24.3 Å². The molecule has 0 aliphatic carbocycles. The van der Waals surface area contributed by atoms with E-state index in [1.54, 1.807) is 42.5 Å². The Labute approximate surface area is 153 Å². The molecule has 0 amide bonds. The predicted octanol–water partition coefficient (Wildman–Crippen LogP) is 4.51. The van der Waals surface area contributed by atoms with Crippen LogP contribution in [0.5, 0.6) is 11.5 Å². The number of esters is 2. The molecule has 0 N–H and O–H groups in total. The maximum absolute atomic E-state index is 12.3. The van der Waals surface area contributed by atoms with Crippen molar-refractivity contribution in [3.05, 3.63) is 59.7 Å². The van der Waals surface area contributed by atoms with Gasteiger partial charge in [0.25, 0.3) is 0 Å². The summed E-state index contributed by atoms with van der Waals surface area (Å²) in [7, 11) is 0. The minimum atomic E-state index is -0.500. The van der Waals surface area contributed by atoms with Crippen molar-refractivity contribution < 1.29 is 23.8 Å². The van der Waals surface area contributed by atoms with Crippen LogP contribution < -0.4 is 9.47 Å². The Morgan fingerprint density at radius 2 is 1.65 bits per heavy atom. The third kappa shape index (κ3) is 5.92. The van der Waals surface area contributed by atoms with Crippen molar-refractivity contribution in [3.8, 4) is 11.5 Å². The molecule has 5 nitrogen and oxygen atoms in total. The molecule has 0 atom stereocenters. The number of hydrogen-bond donors (Lipinski definition) is 0. The summed E-state index contributed by atoms with van der Waals surface area (Å²) in [5.74, 6) is 0.316. The van der Waals surface area contributed by atoms with Crippen molar-refractivity contribution >= 4 is 11.9 Å². The molecule has 0 saturated heterocycles. The van der Waals surface area contributed by atoms with Crippen LogP contribution in [0.4, 0.5) is 0 Å². The van der Waals surface area contributed by atoms with Gasteiger partial charge in [-0.15, -0.1) is 0 Å². The fourth-order valence-electron chi connectivity index (χ4n) is 2.09. The topological polar surface area (TPSA) is 61.8 Å². The average molecular weight is 356 g/mol. The predicted molar refractivity (Wildman–Crippen MR) is 98.7 cm³/mol. The van der Waals surface area contributed by atoms with Crippen LogP contribution in [0, 0.1) is 5.92 Å². The van der Waals surface area contributed by atoms with Crippen molar-refractivity contribution in [1.82, 2.24) is 0 Å². The summed E-state index contributed by atoms with van der Waals surface area (Å²) in [6, 6.07) is 13.1. The highest BCUT2D eigenvalue weighted by molar-refractivity contribution is 5.92. The first-order valence-electron chi connectivity index (χ1n) is 8.71. The van der Waals surface area contributed by atoms with Crippen molar-refractivity contribution in [2.75, 3.05) is 13.2 Å². The summed E-state index contributed by atoms with van der Waals surface area (Å²) >= 11 is 0. The van der Waals surface area contributed by atoms with Gasteiger partial charge in [-0.05, 0) is 54.8 Å². The van der Waals surface area contributed by atoms with Gasteiger partial charge in [0.15, 0.2) is 0 Å². The van der Waals surface area contributed by atoms with Crippen LogP contribution in [0.25, 0.3) is 0 Å². The molecule has 2 aromatic rings. The van der Waals surface area contributed by atoms with Gasteiger partial charge < -0.3 is 14.2 Å². The Bertz CT molecular complexity index is 734. The van der Waals surface area contributed by atoms with E-state index in [0.717, 1.165) is 6.42 Å². The lowest BCUT2D eigenvalue weighted by atomic mass is 10.2. The molecule has 0 saturated carbocycles. The quantitative estimate of drug-likeness (QED) is 0.514. The maximum Gasteiger partial charge on any atom is 0.343 e. The average Bonchev–Trinajstić information content (AvgIpc) is 2.65. The van der Waals surface area contributed by atoms with E-state index in [1.165, 1.54) is 6.07 Å². The van der Waals surface area contributed by atoms with E-state index < -0.39 is 11.9 Å². The van der Waals surface area contributed by atoms with Crippen molar-refractivity contribution in [2.24, 2.45) is 5.92 Å². The van der Waals surface area contributed by atoms with E-state index in [1.807, 2.05) is 20.8 Å². The fraction of sp³-hybridized carbons (Fsp3) is 0.333. The van der Waals surface area contributed by atoms with Gasteiger partial charge in [-0.1, -0.05) is 26.8 Å². The Balaban J connectivity index is 2.00. The SMILES string of the molecule is CCCOc1ccc(C(=O)Oc2cccc(C(=O)OCC(C)C)c2)cc1. The number of benzene rings is 2. The molecule has 2 rings (SSSR count). The van der Waals surface area contributed by atoms with Crippen LogP contribution in [0.15, 0.2) is 48.5 Å². The van der Waals surface area contributed by atoms with E-state index in [-0.39, 0.29) is 5.92 Å². The molecule has 0 spiro atoms. The minimum absolute atomic E-state index is 0.254. The molecular formula is C21H24O5. The number of hydrogen-bond acceptors (Lipinski definition) is 5. The van der Waals surface area contributed by atoms with Gasteiger partial charge in [0, 0.05) is 0 Å². The third-order valence-corrected chi connectivity index (χ3v) is 3.39. The molecule has 138 valence electrons. The summed E-state index contributed by atoms with van der Waals surface area (Å²) in [6.07, 6.45) is 0.916. The van der Waals surface area contributed by atoms with Crippen molar-refractivity contribution in [3.63, 3.8) is 0 Å². The van der Waals surface area contributed by atoms with E-state index >= 15 is 0 Å². The highest BCUT2D eigenvalue weighted by Gasteiger charge is 2.12. The second-order valence-electron chi connectivity index (χ2n) is 6.28. The van der Waals surface area contributed by atoms with Crippen molar-refractivity contribution in [2.45, 2.75) is 27.2 Å². The second-order valence-corrected chi connectivity index (χ2v) is 6.28. The van der Waals surface area contributed by atoms with Crippen LogP contribution in [-0.2, 0) is 4.74 Å². The maximum atomic E-state index is 12.3. The normalized spacial score (nSPS) is 10.5. The number of rotatable bonds is 8. The summed E-state index contributed by atoms with van der Waals surface area (Å²) in [5.41, 5.74) is 0.751. The molecule has 0 aliphatic rings. The second kappa shape index (κ2) is 9.61. The molecule has 0 aromatic heterocycles. The van der Waals surface area contributed by atoms with Gasteiger partial charge >= 0.3 is 11.9 Å². The Kier molecular flexibility index (Phi) is 7.21. The molecule has 0 unspecified atom stereocenters. The molecule has 0 aliphatic heterocycles. The minimum Gasteiger partial charge on any atom is -0.494 e. The van der Waals surface area contributed by atoms with E-state index in [4.69, 9.17) is 14.2 Å². The lowest BCUT2D eigenvalue weighted by Crippen LogP contribution is -2.11. The zero-order valence-electron chi connectivity index (χ0n) is 15.4. The van der Waals surface area contributed by atoms with E-state index in [0.29, 0.717) is 35.8 Å². The Morgan fingerprint density at radius 1 is 0.923 bits per heavy atom. The molecule has 0 fully saturated rings.